The van der Waals surface area contributed by atoms with Gasteiger partial charge in [-0.05, 0) is 103 Å². The molecule has 2 aliphatic heterocycles. The second kappa shape index (κ2) is 21.1. The van der Waals surface area contributed by atoms with Crippen LogP contribution in [0.25, 0.3) is 10.8 Å². The summed E-state index contributed by atoms with van der Waals surface area (Å²) in [6.45, 7) is 7.47. The van der Waals surface area contributed by atoms with Crippen LogP contribution in [0.4, 0.5) is 4.79 Å². The molecule has 2 aliphatic carbocycles. The Morgan fingerprint density at radius 3 is 2.55 bits per heavy atom. The highest BCUT2D eigenvalue weighted by Gasteiger charge is 2.65. The van der Waals surface area contributed by atoms with Gasteiger partial charge >= 0.3 is 6.09 Å². The molecular weight excluding hydrogens is 784 g/mol. The smallest absolute Gasteiger partial charge is 0.410 e. The van der Waals surface area contributed by atoms with Crippen LogP contribution >= 0.6 is 11.6 Å². The quantitative estimate of drug-likeness (QED) is 0.0495. The lowest BCUT2D eigenvalue weighted by Gasteiger charge is -2.60. The van der Waals surface area contributed by atoms with Crippen LogP contribution < -0.4 is 9.47 Å². The molecule has 1 amide bonds. The highest BCUT2D eigenvalue weighted by atomic mass is 35.5. The minimum Gasteiger partial charge on any atom is -0.459 e. The number of nitrogens with zero attached hydrogens (tertiary/aromatic N) is 2. The average Bonchev–Trinajstić information content (AvgIpc) is 3.27. The fourth-order valence-electron chi connectivity index (χ4n) is 9.82. The largest absolute Gasteiger partial charge is 0.459 e. The number of benzene rings is 3. The summed E-state index contributed by atoms with van der Waals surface area (Å²) >= 11 is 6.04. The third kappa shape index (κ3) is 9.66. The van der Waals surface area contributed by atoms with Gasteiger partial charge in [0.15, 0.2) is 0 Å². The van der Waals surface area contributed by atoms with Crippen molar-refractivity contribution in [2.45, 2.75) is 102 Å². The Hall–Kier alpha value is -4.13. The van der Waals surface area contributed by atoms with Gasteiger partial charge in [0.25, 0.3) is 0 Å². The summed E-state index contributed by atoms with van der Waals surface area (Å²) in [5.41, 5.74) is 2.65. The number of hydrogen-bond donors (Lipinski definition) is 2. The topological polar surface area (TPSA) is 129 Å². The van der Waals surface area contributed by atoms with Crippen molar-refractivity contribution < 1.29 is 43.5 Å². The summed E-state index contributed by atoms with van der Waals surface area (Å²) in [7, 11) is 0. The lowest BCUT2D eigenvalue weighted by atomic mass is 9.55. The summed E-state index contributed by atoms with van der Waals surface area (Å²) in [5, 5.41) is 27.0. The third-order valence-corrected chi connectivity index (χ3v) is 12.6. The maximum absolute atomic E-state index is 14.2. The Morgan fingerprint density at radius 1 is 1.02 bits per heavy atom. The summed E-state index contributed by atoms with van der Waals surface area (Å²) in [6, 6.07) is 19.6. The van der Waals surface area contributed by atoms with E-state index in [-0.39, 0.29) is 56.5 Å². The standard InChI is InChI=1S/C48H61ClN2O9/c1-3-23-51(47(54)56-28-22-49)43-32-41(50-60-44-17-9-12-27-55-44)39-30-35(15-7-10-24-52)38(16-8-11-25-53)45-40-31-37(58-36-19-18-33-13-5-6-14-34(33)29-36)20-21-42(40)59-48(43,46(39)45)57-26-4-2/h4-6,13-14,18-21,29-31,35,38,43-46,52-53H,2-3,7-12,15-17,22-28,32H2,1H3/t35-,38+,43-,44?,45+,46+,48+/m0/s1. The van der Waals surface area contributed by atoms with Crippen LogP contribution in [-0.2, 0) is 19.0 Å². The number of carbonyl (C=O) groups excluding carboxylic acids is 1. The first-order valence-corrected chi connectivity index (χ1v) is 22.5. The fourth-order valence-corrected chi connectivity index (χ4v) is 9.90. The van der Waals surface area contributed by atoms with Gasteiger partial charge in [-0.3, -0.25) is 4.90 Å². The summed E-state index contributed by atoms with van der Waals surface area (Å²) in [4.78, 5) is 22.1. The number of hydrogen-bond acceptors (Lipinski definition) is 10. The third-order valence-electron chi connectivity index (χ3n) is 12.4. The van der Waals surface area contributed by atoms with Gasteiger partial charge in [-0.1, -0.05) is 67.4 Å². The molecule has 2 fully saturated rings. The van der Waals surface area contributed by atoms with Crippen molar-refractivity contribution in [3.8, 4) is 17.2 Å². The van der Waals surface area contributed by atoms with Crippen LogP contribution in [-0.4, -0.2) is 90.5 Å². The summed E-state index contributed by atoms with van der Waals surface area (Å²) < 4.78 is 32.7. The summed E-state index contributed by atoms with van der Waals surface area (Å²) in [5.74, 6) is 0.322. The Morgan fingerprint density at radius 2 is 1.80 bits per heavy atom. The number of amides is 1. The van der Waals surface area contributed by atoms with Crippen LogP contribution in [0.3, 0.4) is 0 Å². The monoisotopic (exact) mass is 844 g/mol. The molecule has 4 aliphatic rings. The zero-order chi connectivity index (χ0) is 41.9. The first-order valence-electron chi connectivity index (χ1n) is 22.0. The van der Waals surface area contributed by atoms with E-state index < -0.39 is 30.1 Å². The van der Waals surface area contributed by atoms with Crippen LogP contribution in [0.5, 0.6) is 17.2 Å². The molecular formula is C48H61ClN2O9. The molecule has 324 valence electrons. The van der Waals surface area contributed by atoms with Gasteiger partial charge in [0, 0.05) is 44.1 Å². The second-order valence-electron chi connectivity index (χ2n) is 16.3. The Balaban J connectivity index is 1.42. The number of fused-ring (bicyclic) bond motifs is 3. The van der Waals surface area contributed by atoms with E-state index in [0.717, 1.165) is 72.6 Å². The van der Waals surface area contributed by atoms with Crippen molar-refractivity contribution in [3.05, 3.63) is 90.5 Å². The second-order valence-corrected chi connectivity index (χ2v) is 16.7. The average molecular weight is 845 g/mol. The lowest BCUT2D eigenvalue weighted by molar-refractivity contribution is -0.255. The van der Waals surface area contributed by atoms with E-state index in [4.69, 9.17) is 45.3 Å². The van der Waals surface area contributed by atoms with Crippen molar-refractivity contribution in [3.63, 3.8) is 0 Å². The molecule has 0 spiro atoms. The number of aliphatic hydroxyl groups is 2. The van der Waals surface area contributed by atoms with Gasteiger partial charge in [0.2, 0.25) is 12.1 Å². The van der Waals surface area contributed by atoms with E-state index >= 15 is 0 Å². The molecule has 0 bridgehead atoms. The number of aliphatic hydroxyl groups excluding tert-OH is 2. The molecule has 1 saturated heterocycles. The Labute approximate surface area is 359 Å². The highest BCUT2D eigenvalue weighted by Crippen LogP contribution is 2.62. The maximum atomic E-state index is 14.2. The molecule has 1 saturated carbocycles. The van der Waals surface area contributed by atoms with Gasteiger partial charge in [-0.15, -0.1) is 18.2 Å². The molecule has 11 nitrogen and oxygen atoms in total. The van der Waals surface area contributed by atoms with Gasteiger partial charge in [0.1, 0.15) is 29.9 Å². The molecule has 0 radical (unpaired) electrons. The van der Waals surface area contributed by atoms with E-state index in [1.807, 2.05) is 43.3 Å². The zero-order valence-electron chi connectivity index (χ0n) is 34.9. The van der Waals surface area contributed by atoms with Crippen LogP contribution in [0.1, 0.15) is 89.0 Å². The number of ether oxygens (including phenoxy) is 5. The van der Waals surface area contributed by atoms with Crippen LogP contribution in [0.15, 0.2) is 90.1 Å². The molecule has 1 unspecified atom stereocenters. The number of halogens is 1. The maximum Gasteiger partial charge on any atom is 0.410 e. The first kappa shape index (κ1) is 43.9. The van der Waals surface area contributed by atoms with E-state index in [1.54, 1.807) is 11.0 Å². The molecule has 0 aromatic heterocycles. The van der Waals surface area contributed by atoms with Crippen molar-refractivity contribution in [2.24, 2.45) is 22.9 Å². The van der Waals surface area contributed by atoms with Gasteiger partial charge in [0.05, 0.1) is 30.7 Å². The molecule has 3 aromatic carbocycles. The number of carbonyl (C=O) groups is 1. The fraction of sp³-hybridized carbons (Fsp3) is 0.542. The Kier molecular flexibility index (Phi) is 15.5. The normalized spacial score (nSPS) is 26.3. The number of rotatable bonds is 20. The van der Waals surface area contributed by atoms with Gasteiger partial charge < -0.3 is 38.7 Å². The van der Waals surface area contributed by atoms with Gasteiger partial charge in [-0.25, -0.2) is 4.79 Å². The minimum absolute atomic E-state index is 0.0558. The van der Waals surface area contributed by atoms with Gasteiger partial charge in [-0.2, -0.15) is 0 Å². The van der Waals surface area contributed by atoms with Crippen molar-refractivity contribution in [1.29, 1.82) is 0 Å². The predicted molar refractivity (Wildman–Crippen MR) is 233 cm³/mol. The highest BCUT2D eigenvalue weighted by molar-refractivity contribution is 6.18. The molecule has 7 rings (SSSR count). The predicted octanol–water partition coefficient (Wildman–Crippen LogP) is 9.88. The number of unbranched alkanes of at least 4 members (excludes halogenated alkanes) is 2. The number of allylic oxidation sites excluding steroid dienone is 1. The van der Waals surface area contributed by atoms with Crippen LogP contribution in [0, 0.1) is 17.8 Å². The van der Waals surface area contributed by atoms with E-state index in [2.05, 4.69) is 36.9 Å². The van der Waals surface area contributed by atoms with E-state index in [1.165, 1.54) is 0 Å². The molecule has 3 aromatic rings. The molecule has 2 N–H and O–H groups in total. The van der Waals surface area contributed by atoms with Crippen LogP contribution in [0.2, 0.25) is 0 Å². The Bertz CT molecular complexity index is 1970. The summed E-state index contributed by atoms with van der Waals surface area (Å²) in [6.07, 6.45) is 11.4. The van der Waals surface area contributed by atoms with Crippen molar-refractivity contribution >= 4 is 34.2 Å². The number of oxime groups is 1. The van der Waals surface area contributed by atoms with E-state index in [9.17, 15) is 15.0 Å². The zero-order valence-corrected chi connectivity index (χ0v) is 35.6. The SMILES string of the molecule is C=CCO[C@@]12Oc3ccc(Oc4ccc5ccccc5c4)cc3[C@H]3[C@H](CCCCO)[C@@H](CCCCO)C=C(C(=NOC4CCCCO4)C[C@@H]1N(CCC)C(=O)OCCCl)[C@H]32. The molecule has 60 heavy (non-hydrogen) atoms. The lowest BCUT2D eigenvalue weighted by Crippen LogP contribution is -2.70. The molecule has 2 heterocycles. The number of alkyl halides is 1. The van der Waals surface area contributed by atoms with E-state index in [0.29, 0.717) is 49.6 Å². The van der Waals surface area contributed by atoms with Crippen molar-refractivity contribution in [1.82, 2.24) is 4.90 Å². The molecule has 12 heteroatoms. The molecule has 7 atom stereocenters. The van der Waals surface area contributed by atoms with Crippen molar-refractivity contribution in [2.75, 3.05) is 45.5 Å². The first-order chi connectivity index (χ1) is 29.4. The minimum atomic E-state index is -1.39.